The van der Waals surface area contributed by atoms with Crippen LogP contribution in [0.2, 0.25) is 0 Å². The van der Waals surface area contributed by atoms with Crippen LogP contribution in [0.15, 0.2) is 47.4 Å². The Balaban J connectivity index is 1.71. The van der Waals surface area contributed by atoms with Crippen molar-refractivity contribution in [1.29, 1.82) is 0 Å². The second-order valence-corrected chi connectivity index (χ2v) is 6.46. The maximum atomic E-state index is 12.3. The molecule has 2 aromatic rings. The molecule has 112 valence electrons. The van der Waals surface area contributed by atoms with Crippen LogP contribution >= 0.6 is 11.8 Å². The number of rotatable bonds is 3. The van der Waals surface area contributed by atoms with Crippen molar-refractivity contribution < 1.29 is 9.72 Å². The van der Waals surface area contributed by atoms with Crippen molar-refractivity contribution >= 4 is 29.0 Å². The molecule has 0 unspecified atom stereocenters. The smallest absolute Gasteiger partial charge is 0.271 e. The lowest BCUT2D eigenvalue weighted by atomic mass is 10.1. The fraction of sp³-hybridized carbons (Fsp3) is 0.188. The van der Waals surface area contributed by atoms with Gasteiger partial charge in [0, 0.05) is 22.7 Å². The summed E-state index contributed by atoms with van der Waals surface area (Å²) in [5.74, 6) is -0.126. The minimum Gasteiger partial charge on any atom is -0.325 e. The third kappa shape index (κ3) is 2.96. The van der Waals surface area contributed by atoms with Gasteiger partial charge < -0.3 is 5.32 Å². The summed E-state index contributed by atoms with van der Waals surface area (Å²) in [5, 5.41) is 13.3. The summed E-state index contributed by atoms with van der Waals surface area (Å²) in [6, 6.07) is 12.2. The average molecular weight is 314 g/mol. The molecule has 1 amide bonds. The summed E-state index contributed by atoms with van der Waals surface area (Å²) < 4.78 is 0. The normalized spacial score (nSPS) is 16.1. The fourth-order valence-corrected chi connectivity index (χ4v) is 3.69. The van der Waals surface area contributed by atoms with Crippen molar-refractivity contribution in [3.8, 4) is 0 Å². The van der Waals surface area contributed by atoms with Gasteiger partial charge in [-0.2, -0.15) is 0 Å². The molecule has 0 aromatic heterocycles. The van der Waals surface area contributed by atoms with Crippen LogP contribution < -0.4 is 5.32 Å². The van der Waals surface area contributed by atoms with E-state index < -0.39 is 4.92 Å². The molecule has 0 bridgehead atoms. The minimum atomic E-state index is -0.474. The number of carbonyl (C=O) groups excluding carboxylic acids is 1. The molecule has 0 saturated heterocycles. The summed E-state index contributed by atoms with van der Waals surface area (Å²) in [7, 11) is 0. The highest BCUT2D eigenvalue weighted by Crippen LogP contribution is 2.38. The summed E-state index contributed by atoms with van der Waals surface area (Å²) >= 11 is 1.54. The van der Waals surface area contributed by atoms with Crippen molar-refractivity contribution in [3.63, 3.8) is 0 Å². The Hall–Kier alpha value is -2.34. The number of thioether (sulfide) groups is 1. The highest BCUT2D eigenvalue weighted by Gasteiger charge is 2.28. The molecule has 0 fully saturated rings. The van der Waals surface area contributed by atoms with E-state index in [0.29, 0.717) is 12.1 Å². The highest BCUT2D eigenvalue weighted by molar-refractivity contribution is 8.01. The zero-order valence-corrected chi connectivity index (χ0v) is 12.7. The van der Waals surface area contributed by atoms with E-state index in [-0.39, 0.29) is 16.8 Å². The van der Waals surface area contributed by atoms with Gasteiger partial charge in [0.15, 0.2) is 0 Å². The van der Waals surface area contributed by atoms with Gasteiger partial charge in [0.25, 0.3) is 5.69 Å². The molecule has 2 aromatic carbocycles. The standard InChI is InChI=1S/C16H14N2O3S/c1-10-5-6-11-8-15(22-14(11)7-10)16(19)17-12-3-2-4-13(9-12)18(20)21/h2-7,9,15H,8H2,1H3,(H,17,19)/t15-/m1/s1. The number of aryl methyl sites for hydroxylation is 1. The van der Waals surface area contributed by atoms with E-state index >= 15 is 0 Å². The predicted molar refractivity (Wildman–Crippen MR) is 86.3 cm³/mol. The number of anilines is 1. The molecule has 6 heteroatoms. The van der Waals surface area contributed by atoms with Gasteiger partial charge >= 0.3 is 0 Å². The number of nitrogens with one attached hydrogen (secondary N) is 1. The largest absolute Gasteiger partial charge is 0.325 e. The summed E-state index contributed by atoms with van der Waals surface area (Å²) in [6.45, 7) is 2.03. The second kappa shape index (κ2) is 5.81. The molecule has 1 N–H and O–H groups in total. The molecule has 5 nitrogen and oxygen atoms in total. The van der Waals surface area contributed by atoms with Crippen LogP contribution in [0.25, 0.3) is 0 Å². The number of carbonyl (C=O) groups is 1. The lowest BCUT2D eigenvalue weighted by Crippen LogP contribution is -2.24. The molecule has 0 radical (unpaired) electrons. The van der Waals surface area contributed by atoms with Gasteiger partial charge in [0.05, 0.1) is 10.2 Å². The number of hydrogen-bond donors (Lipinski definition) is 1. The Labute approximate surface area is 131 Å². The summed E-state index contributed by atoms with van der Waals surface area (Å²) in [4.78, 5) is 23.8. The SMILES string of the molecule is Cc1ccc2c(c1)S[C@@H](C(=O)Nc1cccc([N+](=O)[O-])c1)C2. The van der Waals surface area contributed by atoms with Crippen LogP contribution in [0.3, 0.4) is 0 Å². The topological polar surface area (TPSA) is 72.2 Å². The molecular weight excluding hydrogens is 300 g/mol. The monoisotopic (exact) mass is 314 g/mol. The van der Waals surface area contributed by atoms with Gasteiger partial charge in [-0.15, -0.1) is 11.8 Å². The summed E-state index contributed by atoms with van der Waals surface area (Å²) in [6.07, 6.45) is 0.682. The van der Waals surface area contributed by atoms with E-state index in [1.807, 2.05) is 13.0 Å². The average Bonchev–Trinajstić information content (AvgIpc) is 2.90. The maximum Gasteiger partial charge on any atom is 0.271 e. The summed E-state index contributed by atoms with van der Waals surface area (Å²) in [5.41, 5.74) is 2.77. The molecule has 0 saturated carbocycles. The molecular formula is C16H14N2O3S. The Kier molecular flexibility index (Phi) is 3.85. The van der Waals surface area contributed by atoms with E-state index in [1.165, 1.54) is 23.3 Å². The first-order valence-corrected chi connectivity index (χ1v) is 7.72. The quantitative estimate of drug-likeness (QED) is 0.694. The lowest BCUT2D eigenvalue weighted by Gasteiger charge is -2.09. The third-order valence-corrected chi connectivity index (χ3v) is 4.81. The van der Waals surface area contributed by atoms with E-state index in [4.69, 9.17) is 0 Å². The zero-order chi connectivity index (χ0) is 15.7. The number of amides is 1. The Bertz CT molecular complexity index is 761. The molecule has 3 rings (SSSR count). The van der Waals surface area contributed by atoms with Crippen molar-refractivity contribution in [2.75, 3.05) is 5.32 Å². The van der Waals surface area contributed by atoms with Crippen molar-refractivity contribution in [2.45, 2.75) is 23.5 Å². The molecule has 1 aliphatic rings. The number of benzene rings is 2. The number of fused-ring (bicyclic) bond motifs is 1. The molecule has 1 heterocycles. The first-order valence-electron chi connectivity index (χ1n) is 6.84. The van der Waals surface area contributed by atoms with Crippen LogP contribution in [-0.2, 0) is 11.2 Å². The van der Waals surface area contributed by atoms with Crippen LogP contribution in [-0.4, -0.2) is 16.1 Å². The highest BCUT2D eigenvalue weighted by atomic mass is 32.2. The molecule has 1 atom stereocenters. The van der Waals surface area contributed by atoms with Gasteiger partial charge in [0.1, 0.15) is 0 Å². The van der Waals surface area contributed by atoms with Crippen LogP contribution in [0.5, 0.6) is 0 Å². The van der Waals surface area contributed by atoms with Gasteiger partial charge in [-0.05, 0) is 31.0 Å². The van der Waals surface area contributed by atoms with E-state index in [9.17, 15) is 14.9 Å². The fourth-order valence-electron chi connectivity index (χ4n) is 2.40. The van der Waals surface area contributed by atoms with Crippen LogP contribution in [0.4, 0.5) is 11.4 Å². The van der Waals surface area contributed by atoms with Crippen molar-refractivity contribution in [1.82, 2.24) is 0 Å². The number of nitrogens with zero attached hydrogens (tertiary/aromatic N) is 1. The van der Waals surface area contributed by atoms with Gasteiger partial charge in [-0.3, -0.25) is 14.9 Å². The van der Waals surface area contributed by atoms with Gasteiger partial charge in [0.2, 0.25) is 5.91 Å². The third-order valence-electron chi connectivity index (χ3n) is 3.51. The van der Waals surface area contributed by atoms with E-state index in [2.05, 4.69) is 17.4 Å². The van der Waals surface area contributed by atoms with Gasteiger partial charge in [-0.25, -0.2) is 0 Å². The van der Waals surface area contributed by atoms with Crippen molar-refractivity contribution in [2.24, 2.45) is 0 Å². The van der Waals surface area contributed by atoms with E-state index in [0.717, 1.165) is 4.90 Å². The number of nitro benzene ring substituents is 1. The first-order chi connectivity index (χ1) is 10.5. The first kappa shape index (κ1) is 14.6. The minimum absolute atomic E-state index is 0.0317. The van der Waals surface area contributed by atoms with Crippen LogP contribution in [0, 0.1) is 17.0 Å². The second-order valence-electron chi connectivity index (χ2n) is 5.22. The zero-order valence-electron chi connectivity index (χ0n) is 11.9. The Morgan fingerprint density at radius 3 is 2.91 bits per heavy atom. The molecule has 1 aliphatic heterocycles. The number of hydrogen-bond acceptors (Lipinski definition) is 4. The van der Waals surface area contributed by atoms with Gasteiger partial charge in [-0.1, -0.05) is 23.8 Å². The predicted octanol–water partition coefficient (Wildman–Crippen LogP) is 3.56. The Morgan fingerprint density at radius 1 is 1.32 bits per heavy atom. The number of non-ortho nitro benzene ring substituents is 1. The number of nitro groups is 1. The Morgan fingerprint density at radius 2 is 2.14 bits per heavy atom. The molecule has 0 aliphatic carbocycles. The van der Waals surface area contributed by atoms with Crippen molar-refractivity contribution in [3.05, 3.63) is 63.7 Å². The van der Waals surface area contributed by atoms with E-state index in [1.54, 1.807) is 23.9 Å². The molecule has 0 spiro atoms. The molecule has 22 heavy (non-hydrogen) atoms. The van der Waals surface area contributed by atoms with Crippen LogP contribution in [0.1, 0.15) is 11.1 Å². The lowest BCUT2D eigenvalue weighted by molar-refractivity contribution is -0.384. The maximum absolute atomic E-state index is 12.3.